The summed E-state index contributed by atoms with van der Waals surface area (Å²) in [5.41, 5.74) is 5.93. The van der Waals surface area contributed by atoms with Gasteiger partial charge in [0.1, 0.15) is 5.03 Å². The number of hydrogen-bond acceptors (Lipinski definition) is 7. The molecule has 0 aliphatic heterocycles. The zero-order valence-electron chi connectivity index (χ0n) is 11.6. The summed E-state index contributed by atoms with van der Waals surface area (Å²) in [7, 11) is 1.28. The second-order valence-electron chi connectivity index (χ2n) is 4.18. The van der Waals surface area contributed by atoms with Gasteiger partial charge in [0.2, 0.25) is 0 Å². The van der Waals surface area contributed by atoms with Crippen LogP contribution in [0, 0.1) is 0 Å². The predicted molar refractivity (Wildman–Crippen MR) is 77.3 cm³/mol. The summed E-state index contributed by atoms with van der Waals surface area (Å²) >= 11 is 1.11. The van der Waals surface area contributed by atoms with Crippen molar-refractivity contribution < 1.29 is 9.53 Å². The molecule has 8 nitrogen and oxygen atoms in total. The van der Waals surface area contributed by atoms with Gasteiger partial charge in [0.05, 0.1) is 24.6 Å². The fourth-order valence-electron chi connectivity index (χ4n) is 1.69. The van der Waals surface area contributed by atoms with Gasteiger partial charge in [0.25, 0.3) is 0 Å². The van der Waals surface area contributed by atoms with Crippen molar-refractivity contribution in [3.63, 3.8) is 0 Å². The van der Waals surface area contributed by atoms with E-state index in [4.69, 9.17) is 10.5 Å². The number of carbonyl (C=O) groups is 1. The molecule has 2 aromatic rings. The molecule has 0 radical (unpaired) electrons. The van der Waals surface area contributed by atoms with Gasteiger partial charge in [-0.3, -0.25) is 4.57 Å². The van der Waals surface area contributed by atoms with Crippen molar-refractivity contribution in [1.82, 2.24) is 19.7 Å². The lowest BCUT2D eigenvalue weighted by atomic mass is 10.3. The van der Waals surface area contributed by atoms with Crippen LogP contribution in [0.1, 0.15) is 23.7 Å². The summed E-state index contributed by atoms with van der Waals surface area (Å²) in [6.45, 7) is 2.48. The van der Waals surface area contributed by atoms with Gasteiger partial charge in [-0.2, -0.15) is 0 Å². The van der Waals surface area contributed by atoms with Gasteiger partial charge in [-0.15, -0.1) is 5.10 Å². The zero-order valence-corrected chi connectivity index (χ0v) is 12.4. The van der Waals surface area contributed by atoms with Crippen molar-refractivity contribution in [2.45, 2.75) is 30.1 Å². The SMILES string of the molecule is CCCn1c(Sc2ncc(N)cc2C(=O)OC)n[nH]c1=O. The highest BCUT2D eigenvalue weighted by Gasteiger charge is 2.18. The van der Waals surface area contributed by atoms with E-state index < -0.39 is 5.97 Å². The Labute approximate surface area is 124 Å². The van der Waals surface area contributed by atoms with Gasteiger partial charge < -0.3 is 10.5 Å². The summed E-state index contributed by atoms with van der Waals surface area (Å²) in [5, 5.41) is 7.14. The van der Waals surface area contributed by atoms with Crippen molar-refractivity contribution in [3.05, 3.63) is 28.3 Å². The third kappa shape index (κ3) is 3.24. The minimum Gasteiger partial charge on any atom is -0.465 e. The van der Waals surface area contributed by atoms with Crippen LogP contribution in [-0.2, 0) is 11.3 Å². The Hall–Kier alpha value is -2.29. The minimum atomic E-state index is -0.544. The number of H-pyrrole nitrogens is 1. The number of aromatic amines is 1. The lowest BCUT2D eigenvalue weighted by Crippen LogP contribution is -2.17. The number of carbonyl (C=O) groups excluding carboxylic acids is 1. The van der Waals surface area contributed by atoms with Gasteiger partial charge in [-0.25, -0.2) is 19.7 Å². The molecule has 2 heterocycles. The third-order valence-corrected chi connectivity index (χ3v) is 3.65. The second kappa shape index (κ2) is 6.44. The van der Waals surface area contributed by atoms with Crippen LogP contribution in [0.3, 0.4) is 0 Å². The number of nitrogen functional groups attached to an aromatic ring is 1. The number of anilines is 1. The van der Waals surface area contributed by atoms with Crippen molar-refractivity contribution >= 4 is 23.4 Å². The first kappa shape index (κ1) is 15.1. The molecule has 3 N–H and O–H groups in total. The van der Waals surface area contributed by atoms with Crippen molar-refractivity contribution in [1.29, 1.82) is 0 Å². The normalized spacial score (nSPS) is 10.6. The number of esters is 1. The summed E-state index contributed by atoms with van der Waals surface area (Å²) in [6.07, 6.45) is 2.22. The Bertz CT molecular complexity index is 709. The minimum absolute atomic E-state index is 0.237. The molecule has 112 valence electrons. The van der Waals surface area contributed by atoms with Gasteiger partial charge in [-0.1, -0.05) is 6.92 Å². The smallest absolute Gasteiger partial charge is 0.343 e. The van der Waals surface area contributed by atoms with Crippen LogP contribution in [-0.4, -0.2) is 32.8 Å². The van der Waals surface area contributed by atoms with E-state index >= 15 is 0 Å². The Balaban J connectivity index is 2.40. The van der Waals surface area contributed by atoms with Crippen molar-refractivity contribution in [2.24, 2.45) is 0 Å². The van der Waals surface area contributed by atoms with Gasteiger partial charge in [-0.05, 0) is 24.2 Å². The molecule has 9 heteroatoms. The van der Waals surface area contributed by atoms with E-state index in [9.17, 15) is 9.59 Å². The molecule has 0 spiro atoms. The quantitative estimate of drug-likeness (QED) is 0.788. The first-order chi connectivity index (χ1) is 10.1. The molecule has 0 bridgehead atoms. The fourth-order valence-corrected chi connectivity index (χ4v) is 2.60. The van der Waals surface area contributed by atoms with E-state index in [0.29, 0.717) is 22.4 Å². The van der Waals surface area contributed by atoms with Crippen LogP contribution in [0.25, 0.3) is 0 Å². The largest absolute Gasteiger partial charge is 0.465 e. The van der Waals surface area contributed by atoms with Crippen LogP contribution < -0.4 is 11.4 Å². The van der Waals surface area contributed by atoms with Gasteiger partial charge in [0, 0.05) is 6.54 Å². The van der Waals surface area contributed by atoms with E-state index in [1.54, 1.807) is 0 Å². The number of methoxy groups -OCH3 is 1. The van der Waals surface area contributed by atoms with Gasteiger partial charge in [0.15, 0.2) is 5.16 Å². The number of aromatic nitrogens is 4. The topological polar surface area (TPSA) is 116 Å². The first-order valence-corrected chi connectivity index (χ1v) is 7.05. The Kier molecular flexibility index (Phi) is 4.63. The molecule has 0 unspecified atom stereocenters. The highest BCUT2D eigenvalue weighted by molar-refractivity contribution is 7.99. The number of nitrogens with two attached hydrogens (primary N) is 1. The maximum absolute atomic E-state index is 11.8. The molecule has 2 rings (SSSR count). The average molecular weight is 309 g/mol. The number of ether oxygens (including phenoxy) is 1. The molecule has 0 aliphatic carbocycles. The van der Waals surface area contributed by atoms with Crippen molar-refractivity contribution in [3.8, 4) is 0 Å². The van der Waals surface area contributed by atoms with Crippen molar-refractivity contribution in [2.75, 3.05) is 12.8 Å². The van der Waals surface area contributed by atoms with E-state index in [-0.39, 0.29) is 11.3 Å². The fraction of sp³-hybridized carbons (Fsp3) is 0.333. The number of nitrogens with one attached hydrogen (secondary N) is 1. The summed E-state index contributed by atoms with van der Waals surface area (Å²) in [5.74, 6) is -0.544. The van der Waals surface area contributed by atoms with E-state index in [1.165, 1.54) is 23.9 Å². The molecule has 2 aromatic heterocycles. The lowest BCUT2D eigenvalue weighted by Gasteiger charge is -2.07. The molecule has 21 heavy (non-hydrogen) atoms. The summed E-state index contributed by atoms with van der Waals surface area (Å²) < 4.78 is 6.20. The molecule has 0 saturated heterocycles. The highest BCUT2D eigenvalue weighted by Crippen LogP contribution is 2.28. The van der Waals surface area contributed by atoms with Crippen LogP contribution in [0.15, 0.2) is 27.2 Å². The number of rotatable bonds is 5. The van der Waals surface area contributed by atoms with Crippen LogP contribution >= 0.6 is 11.8 Å². The van der Waals surface area contributed by atoms with Crippen LogP contribution in [0.5, 0.6) is 0 Å². The molecule has 0 amide bonds. The molecule has 0 saturated carbocycles. The van der Waals surface area contributed by atoms with E-state index in [1.807, 2.05) is 6.92 Å². The Morgan fingerprint density at radius 2 is 2.33 bits per heavy atom. The van der Waals surface area contributed by atoms with E-state index in [0.717, 1.165) is 18.2 Å². The highest BCUT2D eigenvalue weighted by atomic mass is 32.2. The molecule has 0 aromatic carbocycles. The monoisotopic (exact) mass is 309 g/mol. The Morgan fingerprint density at radius 1 is 1.57 bits per heavy atom. The molecule has 0 aliphatic rings. The number of hydrogen-bond donors (Lipinski definition) is 2. The molecule has 0 atom stereocenters. The summed E-state index contributed by atoms with van der Waals surface area (Å²) in [6, 6.07) is 1.48. The van der Waals surface area contributed by atoms with E-state index in [2.05, 4.69) is 15.2 Å². The Morgan fingerprint density at radius 3 is 3.00 bits per heavy atom. The lowest BCUT2D eigenvalue weighted by molar-refractivity contribution is 0.0596. The number of pyridine rings is 1. The molecule has 0 fully saturated rings. The van der Waals surface area contributed by atoms with Crippen LogP contribution in [0.4, 0.5) is 5.69 Å². The van der Waals surface area contributed by atoms with Crippen LogP contribution in [0.2, 0.25) is 0 Å². The first-order valence-electron chi connectivity index (χ1n) is 6.23. The molecular weight excluding hydrogens is 294 g/mol. The predicted octanol–water partition coefficient (Wildman–Crippen LogP) is 0.896. The standard InChI is InChI=1S/C12H15N5O3S/c1-3-4-17-11(19)15-16-12(17)21-9-8(10(18)20-2)5-7(13)6-14-9/h5-6H,3-4,13H2,1-2H3,(H,15,19). The zero-order chi connectivity index (χ0) is 15.4. The number of nitrogens with zero attached hydrogens (tertiary/aromatic N) is 3. The maximum Gasteiger partial charge on any atom is 0.343 e. The third-order valence-electron chi connectivity index (χ3n) is 2.64. The second-order valence-corrected chi connectivity index (χ2v) is 5.13. The average Bonchev–Trinajstić information content (AvgIpc) is 2.81. The maximum atomic E-state index is 11.8. The molecular formula is C12H15N5O3S. The van der Waals surface area contributed by atoms with Gasteiger partial charge >= 0.3 is 11.7 Å². The summed E-state index contributed by atoms with van der Waals surface area (Å²) in [4.78, 5) is 27.5.